The van der Waals surface area contributed by atoms with Gasteiger partial charge in [0, 0.05) is 33.8 Å². The van der Waals surface area contributed by atoms with E-state index in [0.29, 0.717) is 0 Å². The van der Waals surface area contributed by atoms with Crippen molar-refractivity contribution in [3.05, 3.63) is 58.6 Å². The van der Waals surface area contributed by atoms with Gasteiger partial charge in [-0.2, -0.15) is 0 Å². The van der Waals surface area contributed by atoms with Crippen LogP contribution in [0.1, 0.15) is 17.5 Å². The molecule has 0 atom stereocenters. The second-order valence-corrected chi connectivity index (χ2v) is 5.72. The highest BCUT2D eigenvalue weighted by Crippen LogP contribution is 2.38. The summed E-state index contributed by atoms with van der Waals surface area (Å²) in [5, 5.41) is 1.61. The highest BCUT2D eigenvalue weighted by Gasteiger charge is 2.20. The van der Waals surface area contributed by atoms with Crippen LogP contribution in [0.2, 0.25) is 5.02 Å². The molecule has 2 aromatic carbocycles. The van der Waals surface area contributed by atoms with Crippen LogP contribution in [0.3, 0.4) is 0 Å². The first-order chi connectivity index (χ1) is 9.31. The smallest absolute Gasteiger partial charge is 0.0467 e. The van der Waals surface area contributed by atoms with Crippen LogP contribution in [0.4, 0.5) is 11.4 Å². The molecule has 0 bridgehead atoms. The average Bonchev–Trinajstić information content (AvgIpc) is 2.46. The van der Waals surface area contributed by atoms with Gasteiger partial charge >= 0.3 is 0 Å². The van der Waals surface area contributed by atoms with Gasteiger partial charge in [0.15, 0.2) is 0 Å². The summed E-state index contributed by atoms with van der Waals surface area (Å²) >= 11 is 9.87. The maximum absolute atomic E-state index is 6.32. The van der Waals surface area contributed by atoms with Crippen molar-refractivity contribution in [2.45, 2.75) is 18.2 Å². The molecule has 0 aliphatic carbocycles. The first kappa shape index (κ1) is 13.0. The summed E-state index contributed by atoms with van der Waals surface area (Å²) in [4.78, 5) is 2.39. The van der Waals surface area contributed by atoms with E-state index in [1.165, 1.54) is 28.9 Å². The molecule has 1 aliphatic rings. The number of nitrogens with zero attached hydrogens (tertiary/aromatic N) is 1. The molecule has 1 aliphatic heterocycles. The second-order valence-electron chi connectivity index (χ2n) is 4.76. The molecule has 0 saturated carbocycles. The van der Waals surface area contributed by atoms with E-state index in [9.17, 15) is 0 Å². The number of hydrogen-bond acceptors (Lipinski definition) is 1. The third kappa shape index (κ3) is 2.39. The Bertz CT molecular complexity index is 597. The van der Waals surface area contributed by atoms with E-state index in [-0.39, 0.29) is 0 Å². The highest BCUT2D eigenvalue weighted by molar-refractivity contribution is 9.08. The van der Waals surface area contributed by atoms with Crippen LogP contribution in [0.25, 0.3) is 0 Å². The third-order valence-corrected chi connectivity index (χ3v) is 4.54. The Labute approximate surface area is 127 Å². The number of hydrogen-bond donors (Lipinski definition) is 0. The van der Waals surface area contributed by atoms with Crippen molar-refractivity contribution in [2.75, 3.05) is 11.4 Å². The minimum absolute atomic E-state index is 0.778. The molecule has 0 amide bonds. The molecule has 0 saturated heterocycles. The third-order valence-electron chi connectivity index (χ3n) is 3.63. The first-order valence-electron chi connectivity index (χ1n) is 6.50. The molecular weight excluding hydrogens is 322 g/mol. The molecule has 0 spiro atoms. The van der Waals surface area contributed by atoms with E-state index in [2.05, 4.69) is 51.2 Å². The molecule has 1 heterocycles. The number of fused-ring (bicyclic) bond motifs is 1. The number of aryl methyl sites for hydroxylation is 1. The monoisotopic (exact) mass is 335 g/mol. The van der Waals surface area contributed by atoms with Crippen molar-refractivity contribution in [3.8, 4) is 0 Å². The predicted molar refractivity (Wildman–Crippen MR) is 85.9 cm³/mol. The minimum atomic E-state index is 0.778. The Balaban J connectivity index is 2.12. The lowest BCUT2D eigenvalue weighted by atomic mass is 10.0. The zero-order chi connectivity index (χ0) is 13.2. The van der Waals surface area contributed by atoms with Gasteiger partial charge in [0.1, 0.15) is 0 Å². The van der Waals surface area contributed by atoms with Gasteiger partial charge in [0.2, 0.25) is 0 Å². The van der Waals surface area contributed by atoms with Crippen LogP contribution >= 0.6 is 27.5 Å². The highest BCUT2D eigenvalue weighted by atomic mass is 79.9. The van der Waals surface area contributed by atoms with Crippen molar-refractivity contribution < 1.29 is 0 Å². The molecule has 19 heavy (non-hydrogen) atoms. The van der Waals surface area contributed by atoms with Gasteiger partial charge in [-0.15, -0.1) is 0 Å². The van der Waals surface area contributed by atoms with Crippen LogP contribution in [0.15, 0.2) is 42.5 Å². The van der Waals surface area contributed by atoms with Gasteiger partial charge in [-0.05, 0) is 36.6 Å². The molecule has 0 aromatic heterocycles. The molecule has 3 heteroatoms. The summed E-state index contributed by atoms with van der Waals surface area (Å²) in [6.07, 6.45) is 2.35. The summed E-state index contributed by atoms with van der Waals surface area (Å²) < 4.78 is 0. The van der Waals surface area contributed by atoms with Crippen LogP contribution in [0, 0.1) is 0 Å². The predicted octanol–water partition coefficient (Wildman–Crippen LogP) is 5.32. The fourth-order valence-electron chi connectivity index (χ4n) is 2.72. The molecule has 0 unspecified atom stereocenters. The Hall–Kier alpha value is -0.990. The van der Waals surface area contributed by atoms with Crippen molar-refractivity contribution in [3.63, 3.8) is 0 Å². The van der Waals surface area contributed by atoms with Crippen molar-refractivity contribution >= 4 is 38.9 Å². The zero-order valence-electron chi connectivity index (χ0n) is 10.6. The number of alkyl halides is 1. The Morgan fingerprint density at radius 1 is 1.05 bits per heavy atom. The lowest BCUT2D eigenvalue weighted by molar-refractivity contribution is 0.765. The summed E-state index contributed by atoms with van der Waals surface area (Å²) in [6, 6.07) is 14.8. The summed E-state index contributed by atoms with van der Waals surface area (Å²) in [5.74, 6) is 0. The summed E-state index contributed by atoms with van der Waals surface area (Å²) in [7, 11) is 0. The molecule has 0 N–H and O–H groups in total. The molecule has 0 fully saturated rings. The van der Waals surface area contributed by atoms with E-state index in [0.717, 1.165) is 23.3 Å². The first-order valence-corrected chi connectivity index (χ1v) is 8.00. The number of para-hydroxylation sites is 1. The number of halogens is 2. The standard InChI is InChI=1S/C16H15BrClN/c17-11-13-14(18)7-3-9-16(13)19-10-4-6-12-5-1-2-8-15(12)19/h1-3,5,7-9H,4,6,10-11H2. The maximum atomic E-state index is 6.32. The number of anilines is 2. The van der Waals surface area contributed by atoms with Gasteiger partial charge in [-0.1, -0.05) is 51.8 Å². The van der Waals surface area contributed by atoms with Gasteiger partial charge in [-0.3, -0.25) is 0 Å². The van der Waals surface area contributed by atoms with E-state index in [4.69, 9.17) is 11.6 Å². The second kappa shape index (κ2) is 5.56. The van der Waals surface area contributed by atoms with E-state index in [1.807, 2.05) is 12.1 Å². The van der Waals surface area contributed by atoms with Gasteiger partial charge in [0.05, 0.1) is 0 Å². The summed E-state index contributed by atoms with van der Waals surface area (Å²) in [5.41, 5.74) is 5.13. The van der Waals surface area contributed by atoms with Gasteiger partial charge < -0.3 is 4.90 Å². The van der Waals surface area contributed by atoms with Crippen LogP contribution in [0.5, 0.6) is 0 Å². The number of rotatable bonds is 2. The van der Waals surface area contributed by atoms with Crippen LogP contribution < -0.4 is 4.90 Å². The molecule has 0 radical (unpaired) electrons. The van der Waals surface area contributed by atoms with Gasteiger partial charge in [-0.25, -0.2) is 0 Å². The molecular formula is C16H15BrClN. The van der Waals surface area contributed by atoms with E-state index < -0.39 is 0 Å². The van der Waals surface area contributed by atoms with Crippen LogP contribution in [-0.2, 0) is 11.8 Å². The topological polar surface area (TPSA) is 3.24 Å². The lowest BCUT2D eigenvalue weighted by Crippen LogP contribution is -2.25. The fraction of sp³-hybridized carbons (Fsp3) is 0.250. The lowest BCUT2D eigenvalue weighted by Gasteiger charge is -2.32. The quantitative estimate of drug-likeness (QED) is 0.671. The van der Waals surface area contributed by atoms with Crippen molar-refractivity contribution in [1.29, 1.82) is 0 Å². The van der Waals surface area contributed by atoms with E-state index in [1.54, 1.807) is 0 Å². The largest absolute Gasteiger partial charge is 0.341 e. The normalized spacial score (nSPS) is 14.3. The number of benzene rings is 2. The molecule has 98 valence electrons. The maximum Gasteiger partial charge on any atom is 0.0467 e. The zero-order valence-corrected chi connectivity index (χ0v) is 12.9. The molecule has 3 rings (SSSR count). The summed E-state index contributed by atoms with van der Waals surface area (Å²) in [6.45, 7) is 1.05. The van der Waals surface area contributed by atoms with Crippen molar-refractivity contribution in [2.24, 2.45) is 0 Å². The Morgan fingerprint density at radius 3 is 2.68 bits per heavy atom. The SMILES string of the molecule is Clc1cccc(N2CCCc3ccccc32)c1CBr. The van der Waals surface area contributed by atoms with Crippen molar-refractivity contribution in [1.82, 2.24) is 0 Å². The Morgan fingerprint density at radius 2 is 1.84 bits per heavy atom. The van der Waals surface area contributed by atoms with E-state index >= 15 is 0 Å². The molecule has 2 aromatic rings. The Kier molecular flexibility index (Phi) is 3.81. The average molecular weight is 337 g/mol. The van der Waals surface area contributed by atoms with Gasteiger partial charge in [0.25, 0.3) is 0 Å². The molecule has 1 nitrogen and oxygen atoms in total. The van der Waals surface area contributed by atoms with Crippen LogP contribution in [-0.4, -0.2) is 6.54 Å². The minimum Gasteiger partial charge on any atom is -0.341 e. The fourth-order valence-corrected chi connectivity index (χ4v) is 3.70.